The van der Waals surface area contributed by atoms with Crippen LogP contribution in [0.25, 0.3) is 0 Å². The van der Waals surface area contributed by atoms with E-state index in [0.29, 0.717) is 0 Å². The number of aromatic nitrogens is 1. The van der Waals surface area contributed by atoms with Crippen molar-refractivity contribution in [2.45, 2.75) is 33.7 Å². The molecule has 1 aromatic heterocycles. The third-order valence-corrected chi connectivity index (χ3v) is 2.95. The summed E-state index contributed by atoms with van der Waals surface area (Å²) in [6.45, 7) is 9.67. The van der Waals surface area contributed by atoms with E-state index >= 15 is 0 Å². The van der Waals surface area contributed by atoms with Crippen molar-refractivity contribution >= 4 is 5.82 Å². The zero-order valence-electron chi connectivity index (χ0n) is 12.2. The number of nitrogens with zero attached hydrogens (tertiary/aromatic N) is 3. The summed E-state index contributed by atoms with van der Waals surface area (Å²) >= 11 is 0. The van der Waals surface area contributed by atoms with E-state index in [1.165, 1.54) is 0 Å². The first kappa shape index (κ1) is 15.5. The third-order valence-electron chi connectivity index (χ3n) is 2.95. The highest BCUT2D eigenvalue weighted by Crippen LogP contribution is 2.09. The van der Waals surface area contributed by atoms with Gasteiger partial charge < -0.3 is 5.32 Å². The van der Waals surface area contributed by atoms with Crippen LogP contribution >= 0.6 is 0 Å². The van der Waals surface area contributed by atoms with Gasteiger partial charge in [0.25, 0.3) is 0 Å². The van der Waals surface area contributed by atoms with Crippen molar-refractivity contribution in [3.05, 3.63) is 23.9 Å². The average molecular weight is 260 g/mol. The fraction of sp³-hybridized carbons (Fsp3) is 0.600. The Morgan fingerprint density at radius 2 is 2.21 bits per heavy atom. The van der Waals surface area contributed by atoms with E-state index in [0.717, 1.165) is 44.1 Å². The van der Waals surface area contributed by atoms with E-state index in [9.17, 15) is 0 Å². The smallest absolute Gasteiger partial charge is 0.126 e. The highest BCUT2D eigenvalue weighted by atomic mass is 15.1. The molecule has 0 aromatic carbocycles. The summed E-state index contributed by atoms with van der Waals surface area (Å²) in [4.78, 5) is 6.85. The highest BCUT2D eigenvalue weighted by molar-refractivity contribution is 5.35. The van der Waals surface area contributed by atoms with Gasteiger partial charge in [-0.1, -0.05) is 19.9 Å². The molecule has 0 bridgehead atoms. The van der Waals surface area contributed by atoms with Gasteiger partial charge in [-0.2, -0.15) is 5.26 Å². The summed E-state index contributed by atoms with van der Waals surface area (Å²) < 4.78 is 0. The molecule has 0 saturated heterocycles. The summed E-state index contributed by atoms with van der Waals surface area (Å²) in [5, 5.41) is 12.2. The monoisotopic (exact) mass is 260 g/mol. The van der Waals surface area contributed by atoms with Crippen LogP contribution in [0.15, 0.2) is 18.2 Å². The molecule has 0 aliphatic carbocycles. The van der Waals surface area contributed by atoms with E-state index in [4.69, 9.17) is 5.26 Å². The second kappa shape index (κ2) is 8.49. The topological polar surface area (TPSA) is 52.0 Å². The molecule has 1 atom stereocenters. The average Bonchev–Trinajstić information content (AvgIpc) is 2.44. The molecule has 0 aliphatic rings. The lowest BCUT2D eigenvalue weighted by Gasteiger charge is -2.21. The Bertz CT molecular complexity index is 411. The molecular weight excluding hydrogens is 236 g/mol. The first-order valence-corrected chi connectivity index (χ1v) is 7.01. The van der Waals surface area contributed by atoms with Gasteiger partial charge in [0.2, 0.25) is 0 Å². The van der Waals surface area contributed by atoms with Crippen LogP contribution in [0.4, 0.5) is 5.82 Å². The summed E-state index contributed by atoms with van der Waals surface area (Å²) in [6, 6.07) is 8.34. The number of hydrogen-bond donors (Lipinski definition) is 1. The number of nitrogens with one attached hydrogen (secondary N) is 1. The van der Waals surface area contributed by atoms with Crippen LogP contribution in [-0.4, -0.2) is 29.5 Å². The maximum atomic E-state index is 8.88. The quantitative estimate of drug-likeness (QED) is 0.781. The van der Waals surface area contributed by atoms with Gasteiger partial charge in [-0.3, -0.25) is 4.90 Å². The minimum Gasteiger partial charge on any atom is -0.370 e. The molecule has 4 nitrogen and oxygen atoms in total. The van der Waals surface area contributed by atoms with Crippen LogP contribution in [0.2, 0.25) is 0 Å². The van der Waals surface area contributed by atoms with Crippen LogP contribution in [-0.2, 0) is 6.54 Å². The molecule has 1 rings (SSSR count). The van der Waals surface area contributed by atoms with Gasteiger partial charge >= 0.3 is 0 Å². The molecule has 4 heteroatoms. The number of rotatable bonds is 8. The van der Waals surface area contributed by atoms with Crippen molar-refractivity contribution in [2.75, 3.05) is 25.0 Å². The molecule has 0 amide bonds. The third kappa shape index (κ3) is 5.71. The molecule has 1 heterocycles. The predicted molar refractivity (Wildman–Crippen MR) is 78.7 cm³/mol. The number of pyridine rings is 1. The van der Waals surface area contributed by atoms with E-state index in [-0.39, 0.29) is 5.92 Å². The summed E-state index contributed by atoms with van der Waals surface area (Å²) in [5.74, 6) is 0.991. The Morgan fingerprint density at radius 3 is 2.84 bits per heavy atom. The number of anilines is 1. The fourth-order valence-corrected chi connectivity index (χ4v) is 1.88. The molecule has 0 saturated carbocycles. The first-order valence-electron chi connectivity index (χ1n) is 7.01. The number of hydrogen-bond acceptors (Lipinski definition) is 4. The molecule has 0 aliphatic heterocycles. The van der Waals surface area contributed by atoms with E-state index in [1.807, 2.05) is 25.1 Å². The molecule has 0 spiro atoms. The van der Waals surface area contributed by atoms with Gasteiger partial charge in [0.1, 0.15) is 5.82 Å². The highest BCUT2D eigenvalue weighted by Gasteiger charge is 2.09. The fourth-order valence-electron chi connectivity index (χ4n) is 1.88. The van der Waals surface area contributed by atoms with Gasteiger partial charge in [-0.25, -0.2) is 4.98 Å². The largest absolute Gasteiger partial charge is 0.370 e. The summed E-state index contributed by atoms with van der Waals surface area (Å²) in [7, 11) is 0. The summed E-state index contributed by atoms with van der Waals surface area (Å²) in [5.41, 5.74) is 1.05. The van der Waals surface area contributed by atoms with E-state index < -0.39 is 0 Å². The van der Waals surface area contributed by atoms with Crippen molar-refractivity contribution in [3.63, 3.8) is 0 Å². The van der Waals surface area contributed by atoms with Crippen molar-refractivity contribution < 1.29 is 0 Å². The molecule has 19 heavy (non-hydrogen) atoms. The zero-order valence-corrected chi connectivity index (χ0v) is 12.2. The summed E-state index contributed by atoms with van der Waals surface area (Å²) in [6.07, 6.45) is 1.09. The van der Waals surface area contributed by atoms with Crippen LogP contribution in [0.5, 0.6) is 0 Å². The maximum absolute atomic E-state index is 8.88. The minimum absolute atomic E-state index is 0.0568. The van der Waals surface area contributed by atoms with Crippen LogP contribution in [0.3, 0.4) is 0 Å². The SMILES string of the molecule is CCCNc1cccc(CN(CC)CC(C)C#N)n1. The van der Waals surface area contributed by atoms with Gasteiger partial charge in [0, 0.05) is 19.6 Å². The predicted octanol–water partition coefficient (Wildman–Crippen LogP) is 2.89. The Hall–Kier alpha value is -1.60. The molecule has 1 N–H and O–H groups in total. The van der Waals surface area contributed by atoms with Gasteiger partial charge in [-0.05, 0) is 32.0 Å². The van der Waals surface area contributed by atoms with Crippen LogP contribution in [0.1, 0.15) is 32.9 Å². The maximum Gasteiger partial charge on any atom is 0.126 e. The van der Waals surface area contributed by atoms with Gasteiger partial charge in [-0.15, -0.1) is 0 Å². The normalized spacial score (nSPS) is 12.2. The van der Waals surface area contributed by atoms with E-state index in [2.05, 4.69) is 35.1 Å². The van der Waals surface area contributed by atoms with Crippen LogP contribution < -0.4 is 5.32 Å². The van der Waals surface area contributed by atoms with E-state index in [1.54, 1.807) is 0 Å². The van der Waals surface area contributed by atoms with Crippen molar-refractivity contribution in [1.29, 1.82) is 5.26 Å². The van der Waals surface area contributed by atoms with Crippen molar-refractivity contribution in [1.82, 2.24) is 9.88 Å². The second-order valence-corrected chi connectivity index (χ2v) is 4.80. The van der Waals surface area contributed by atoms with Crippen LogP contribution in [0, 0.1) is 17.2 Å². The lowest BCUT2D eigenvalue weighted by molar-refractivity contribution is 0.257. The zero-order chi connectivity index (χ0) is 14.1. The first-order chi connectivity index (χ1) is 9.19. The number of nitriles is 1. The van der Waals surface area contributed by atoms with Crippen molar-refractivity contribution in [2.24, 2.45) is 5.92 Å². The standard InChI is InChI=1S/C15H24N4/c1-4-9-17-15-8-6-7-14(18-15)12-19(5-2)11-13(3)10-16/h6-8,13H,4-5,9,11-12H2,1-3H3,(H,17,18). The molecular formula is C15H24N4. The Kier molecular flexibility index (Phi) is 6.91. The minimum atomic E-state index is 0.0568. The molecule has 1 aromatic rings. The Labute approximate surface area is 116 Å². The lowest BCUT2D eigenvalue weighted by atomic mass is 10.2. The lowest BCUT2D eigenvalue weighted by Crippen LogP contribution is -2.28. The Morgan fingerprint density at radius 1 is 1.42 bits per heavy atom. The molecule has 0 fully saturated rings. The van der Waals surface area contributed by atoms with Gasteiger partial charge in [0.05, 0.1) is 17.7 Å². The second-order valence-electron chi connectivity index (χ2n) is 4.80. The molecule has 104 valence electrons. The molecule has 0 radical (unpaired) electrons. The van der Waals surface area contributed by atoms with Gasteiger partial charge in [0.15, 0.2) is 0 Å². The van der Waals surface area contributed by atoms with Crippen molar-refractivity contribution in [3.8, 4) is 6.07 Å². The Balaban J connectivity index is 2.61. The molecule has 1 unspecified atom stereocenters.